The van der Waals surface area contributed by atoms with E-state index in [-0.39, 0.29) is 69.9 Å². The Labute approximate surface area is 510 Å². The van der Waals surface area contributed by atoms with Crippen molar-refractivity contribution in [3.8, 4) is 74.5 Å². The summed E-state index contributed by atoms with van der Waals surface area (Å²) in [6, 6.07) is 20.0. The number of ketones is 2. The lowest BCUT2D eigenvalue weighted by atomic mass is 9.98. The van der Waals surface area contributed by atoms with E-state index in [9.17, 15) is 62.3 Å². The molecule has 0 saturated heterocycles. The molecule has 0 amide bonds. The number of fused-ring (bicyclic) bond motifs is 2. The van der Waals surface area contributed by atoms with Gasteiger partial charge in [0.05, 0.1) is 63.6 Å². The fourth-order valence-corrected chi connectivity index (χ4v) is 9.32. The Morgan fingerprint density at radius 3 is 1.29 bits per heavy atom. The van der Waals surface area contributed by atoms with Gasteiger partial charge in [-0.3, -0.25) is 9.59 Å². The summed E-state index contributed by atoms with van der Waals surface area (Å²) in [4.78, 5) is 34.1. The highest BCUT2D eigenvalue weighted by Gasteiger charge is 2.30. The molecule has 3 N–H and O–H groups in total. The SMILES string of the molecule is COc1ccc(Oc2cc(NCCC(F)(F)F)c3ncc(-c4ccc(C(=O)CC5CC5)c(C)c4)n3n2)c(F)c1F.COc1ccc(Oc2cc(Oc3ccc(OC)c(F)c3F)c3ncc(-c4ccc(C(=O)CC5CC5)c(C)c4)n3n2)c(F)c1F.NCCC(F)(F)F. The molecule has 0 radical (unpaired) electrons. The van der Waals surface area contributed by atoms with E-state index in [1.807, 2.05) is 13.8 Å². The second kappa shape index (κ2) is 27.6. The molecule has 480 valence electrons. The number of ether oxygens (including phenoxy) is 6. The maximum absolute atomic E-state index is 14.9. The van der Waals surface area contributed by atoms with Gasteiger partial charge in [0, 0.05) is 60.3 Å². The molecule has 0 atom stereocenters. The topological polar surface area (TPSA) is 188 Å². The molecule has 11 rings (SSSR count). The van der Waals surface area contributed by atoms with Gasteiger partial charge in [-0.05, 0) is 111 Å². The first-order valence-electron chi connectivity index (χ1n) is 28.0. The second-order valence-corrected chi connectivity index (χ2v) is 21.1. The number of hydrogen-bond donors (Lipinski definition) is 2. The largest absolute Gasteiger partial charge is 0.494 e. The average molecular weight is 1280 g/mol. The van der Waals surface area contributed by atoms with E-state index in [4.69, 9.17) is 28.4 Å². The van der Waals surface area contributed by atoms with Gasteiger partial charge in [0.15, 0.2) is 63.1 Å². The maximum Gasteiger partial charge on any atom is 0.390 e. The third-order valence-corrected chi connectivity index (χ3v) is 14.3. The van der Waals surface area contributed by atoms with Gasteiger partial charge in [-0.1, -0.05) is 24.3 Å². The van der Waals surface area contributed by atoms with Crippen LogP contribution in [0, 0.1) is 60.6 Å². The van der Waals surface area contributed by atoms with Crippen molar-refractivity contribution in [2.45, 2.75) is 77.6 Å². The van der Waals surface area contributed by atoms with E-state index >= 15 is 0 Å². The van der Waals surface area contributed by atoms with Crippen LogP contribution in [0.3, 0.4) is 0 Å². The van der Waals surface area contributed by atoms with Crippen LogP contribution in [-0.4, -0.2) is 87.5 Å². The van der Waals surface area contributed by atoms with Crippen molar-refractivity contribution < 1.29 is 90.7 Å². The molecule has 5 aromatic carbocycles. The third kappa shape index (κ3) is 15.9. The molecule has 91 heavy (non-hydrogen) atoms. The van der Waals surface area contributed by atoms with E-state index in [2.05, 4.69) is 31.2 Å². The minimum atomic E-state index is -4.39. The molecule has 9 aromatic rings. The van der Waals surface area contributed by atoms with Crippen molar-refractivity contribution >= 4 is 28.5 Å². The highest BCUT2D eigenvalue weighted by molar-refractivity contribution is 5.99. The van der Waals surface area contributed by atoms with E-state index in [0.29, 0.717) is 58.3 Å². The van der Waals surface area contributed by atoms with E-state index in [1.165, 1.54) is 73.1 Å². The fraction of sp³-hybridized carbons (Fsp3) is 0.302. The zero-order valence-corrected chi connectivity index (χ0v) is 49.0. The van der Waals surface area contributed by atoms with Crippen molar-refractivity contribution in [1.29, 1.82) is 0 Å². The van der Waals surface area contributed by atoms with Crippen LogP contribution in [-0.2, 0) is 0 Å². The van der Waals surface area contributed by atoms with Crippen LogP contribution in [0.5, 0.6) is 52.0 Å². The highest BCUT2D eigenvalue weighted by Crippen LogP contribution is 2.40. The van der Waals surface area contributed by atoms with Gasteiger partial charge in [-0.25, -0.2) is 19.0 Å². The average Bonchev–Trinajstić information content (AvgIpc) is 1.70. The molecular weight excluding hydrogens is 1220 g/mol. The molecule has 28 heteroatoms. The number of hydrogen-bond acceptors (Lipinski definition) is 14. The van der Waals surface area contributed by atoms with Crippen molar-refractivity contribution in [3.63, 3.8) is 0 Å². The molecule has 0 aliphatic heterocycles. The van der Waals surface area contributed by atoms with Crippen LogP contribution in [0.25, 0.3) is 33.8 Å². The lowest BCUT2D eigenvalue weighted by Gasteiger charge is -2.14. The summed E-state index contributed by atoms with van der Waals surface area (Å²) in [5.41, 5.74) is 9.87. The van der Waals surface area contributed by atoms with Crippen molar-refractivity contribution in [2.75, 3.05) is 39.7 Å². The Balaban J connectivity index is 0.000000196. The first-order valence-corrected chi connectivity index (χ1v) is 28.0. The van der Waals surface area contributed by atoms with Crippen molar-refractivity contribution in [1.82, 2.24) is 29.2 Å². The molecule has 2 saturated carbocycles. The van der Waals surface area contributed by atoms with E-state index < -0.39 is 83.9 Å². The lowest BCUT2D eigenvalue weighted by molar-refractivity contribution is -0.132. The standard InChI is InChI=1S/C32H25F4N3O5.C28H25F5N4O3.C3H6F3N/c1-16-12-18(6-7-19(16)21(40)13-17-4-5-17)20-15-37-32-26(43-24-10-8-22(41-2)28(33)30(24)35)14-27(38-39(20)32)44-25-11-9-23(42-3)29(34)31(25)36;1-15-11-17(5-6-18(15)21(38)12-16-3-4-16)20-14-35-27-19(34-10-9-28(31,32)33)13-24(36-37(20)27)40-23-8-7-22(39-2)25(29)26(23)30;4-3(5,6)1-2-7/h6-12,14-15,17H,4-5,13H2,1-3H3;5-8,11,13-14,16,34H,3-4,9-10,12H2,1-2H3;1-2,7H2. The molecule has 0 bridgehead atoms. The number of alkyl halides is 6. The summed E-state index contributed by atoms with van der Waals surface area (Å²) in [6.45, 7) is 2.86. The quantitative estimate of drug-likeness (QED) is 0.0511. The number of anilines is 1. The number of Topliss-reactive ketones (excluding diaryl/α,β-unsaturated/α-hetero) is 2. The Bertz CT molecular complexity index is 4170. The minimum absolute atomic E-state index is 0.0710. The Hall–Kier alpha value is -9.60. The number of nitrogens with zero attached hydrogens (tertiary/aromatic N) is 6. The van der Waals surface area contributed by atoms with Crippen LogP contribution >= 0.6 is 0 Å². The molecule has 4 heterocycles. The van der Waals surface area contributed by atoms with Gasteiger partial charge in [0.1, 0.15) is 0 Å². The lowest BCUT2D eigenvalue weighted by Crippen LogP contribution is -2.15. The van der Waals surface area contributed by atoms with Crippen LogP contribution in [0.15, 0.2) is 97.3 Å². The zero-order valence-electron chi connectivity index (χ0n) is 49.0. The molecule has 2 aliphatic carbocycles. The van der Waals surface area contributed by atoms with Gasteiger partial charge in [-0.15, -0.1) is 10.2 Å². The number of nitrogens with one attached hydrogen (secondary N) is 1. The number of halogens is 12. The maximum atomic E-state index is 14.9. The Morgan fingerprint density at radius 2 is 0.901 bits per heavy atom. The Kier molecular flexibility index (Phi) is 20.0. The van der Waals surface area contributed by atoms with Gasteiger partial charge in [-0.2, -0.15) is 52.7 Å². The number of methoxy groups -OCH3 is 3. The van der Waals surface area contributed by atoms with Crippen molar-refractivity contribution in [2.24, 2.45) is 17.6 Å². The number of nitrogens with two attached hydrogens (primary N) is 1. The van der Waals surface area contributed by atoms with Crippen LogP contribution < -0.4 is 39.5 Å². The normalized spacial score (nSPS) is 13.0. The molecule has 0 unspecified atom stereocenters. The summed E-state index contributed by atoms with van der Waals surface area (Å²) in [5.74, 6) is -9.87. The van der Waals surface area contributed by atoms with Gasteiger partial charge >= 0.3 is 12.4 Å². The molecular formula is C63H56F12N8O8. The number of rotatable bonds is 21. The smallest absolute Gasteiger partial charge is 0.390 e. The second-order valence-electron chi connectivity index (χ2n) is 21.1. The number of benzene rings is 5. The summed E-state index contributed by atoms with van der Waals surface area (Å²) < 4.78 is 193. The van der Waals surface area contributed by atoms with Gasteiger partial charge < -0.3 is 39.5 Å². The number of imidazole rings is 2. The van der Waals surface area contributed by atoms with Gasteiger partial charge in [0.25, 0.3) is 0 Å². The summed E-state index contributed by atoms with van der Waals surface area (Å²) in [7, 11) is 3.57. The summed E-state index contributed by atoms with van der Waals surface area (Å²) >= 11 is 0. The number of aromatic nitrogens is 6. The third-order valence-electron chi connectivity index (χ3n) is 14.3. The number of carbonyl (C=O) groups is 2. The van der Waals surface area contributed by atoms with Crippen LogP contribution in [0.1, 0.15) is 83.2 Å². The minimum Gasteiger partial charge on any atom is -0.494 e. The first kappa shape index (κ1) is 65.8. The fourth-order valence-electron chi connectivity index (χ4n) is 9.32. The van der Waals surface area contributed by atoms with Crippen LogP contribution in [0.2, 0.25) is 0 Å². The zero-order chi connectivity index (χ0) is 65.6. The number of aryl methyl sites for hydroxylation is 2. The predicted molar refractivity (Wildman–Crippen MR) is 308 cm³/mol. The molecule has 4 aromatic heterocycles. The number of carbonyl (C=O) groups excluding carboxylic acids is 2. The monoisotopic (exact) mass is 1280 g/mol. The molecule has 2 fully saturated rings. The molecule has 16 nitrogen and oxygen atoms in total. The van der Waals surface area contributed by atoms with Gasteiger partial charge in [0.2, 0.25) is 46.7 Å². The molecule has 0 spiro atoms. The predicted octanol–water partition coefficient (Wildman–Crippen LogP) is 15.9. The first-order chi connectivity index (χ1) is 43.3. The van der Waals surface area contributed by atoms with Crippen LogP contribution in [0.4, 0.5) is 58.4 Å². The summed E-state index contributed by atoms with van der Waals surface area (Å²) in [5, 5.41) is 11.4. The molecule has 2 aliphatic rings. The summed E-state index contributed by atoms with van der Waals surface area (Å²) in [6.07, 6.45) is -2.25. The van der Waals surface area contributed by atoms with E-state index in [0.717, 1.165) is 55.0 Å². The Morgan fingerprint density at radius 1 is 0.516 bits per heavy atom. The van der Waals surface area contributed by atoms with Crippen molar-refractivity contribution in [3.05, 3.63) is 154 Å². The highest BCUT2D eigenvalue weighted by atomic mass is 19.4. The van der Waals surface area contributed by atoms with E-state index in [1.54, 1.807) is 36.4 Å².